The number of hydrogen-bond acceptors (Lipinski definition) is 6. The summed E-state index contributed by atoms with van der Waals surface area (Å²) in [6.45, 7) is 2.44. The zero-order valence-electron chi connectivity index (χ0n) is 15.9. The first-order valence-corrected chi connectivity index (χ1v) is 9.80. The Morgan fingerprint density at radius 1 is 1.13 bits per heavy atom. The number of esters is 1. The Balaban J connectivity index is 1.56. The largest absolute Gasteiger partial charge is 0.486 e. The molecule has 0 amide bonds. The molecule has 0 radical (unpaired) electrons. The molecule has 3 aromatic rings. The van der Waals surface area contributed by atoms with Gasteiger partial charge in [-0.15, -0.1) is 0 Å². The van der Waals surface area contributed by atoms with Crippen molar-refractivity contribution in [1.29, 1.82) is 0 Å². The maximum absolute atomic E-state index is 12.6. The van der Waals surface area contributed by atoms with Gasteiger partial charge in [0.15, 0.2) is 11.5 Å². The van der Waals surface area contributed by atoms with E-state index in [1.165, 1.54) is 10.7 Å². The van der Waals surface area contributed by atoms with Crippen LogP contribution < -0.4 is 14.9 Å². The minimum atomic E-state index is -0.839. The van der Waals surface area contributed by atoms with Crippen LogP contribution in [0.5, 0.6) is 11.5 Å². The molecule has 0 saturated heterocycles. The van der Waals surface area contributed by atoms with Crippen molar-refractivity contribution < 1.29 is 19.0 Å². The maximum Gasteiger partial charge on any atom is 0.363 e. The van der Waals surface area contributed by atoms with Gasteiger partial charge in [-0.3, -0.25) is 4.79 Å². The van der Waals surface area contributed by atoms with Gasteiger partial charge >= 0.3 is 5.97 Å². The van der Waals surface area contributed by atoms with Gasteiger partial charge in [0.05, 0.1) is 10.7 Å². The molecule has 0 bridgehead atoms. The van der Waals surface area contributed by atoms with Crippen molar-refractivity contribution in [2.75, 3.05) is 13.2 Å². The van der Waals surface area contributed by atoms with E-state index in [1.54, 1.807) is 43.3 Å². The summed E-state index contributed by atoms with van der Waals surface area (Å²) in [5.74, 6) is 0.108. The van der Waals surface area contributed by atoms with E-state index in [9.17, 15) is 9.59 Å². The van der Waals surface area contributed by atoms with Gasteiger partial charge in [0, 0.05) is 16.8 Å². The topological polar surface area (TPSA) is 79.7 Å². The number of nitrogens with zero attached hydrogens (tertiary/aromatic N) is 2. The average molecular weight is 447 g/mol. The molecule has 0 N–H and O–H groups in total. The number of fused-ring (bicyclic) bond motifs is 1. The van der Waals surface area contributed by atoms with Crippen molar-refractivity contribution in [3.63, 3.8) is 0 Å². The summed E-state index contributed by atoms with van der Waals surface area (Å²) in [5, 5.41) is 5.11. The first-order chi connectivity index (χ1) is 14.4. The summed E-state index contributed by atoms with van der Waals surface area (Å²) >= 11 is 12.1. The lowest BCUT2D eigenvalue weighted by Gasteiger charge is -2.20. The number of aryl methyl sites for hydroxylation is 1. The molecule has 0 saturated carbocycles. The lowest BCUT2D eigenvalue weighted by molar-refractivity contribution is 0.0461. The van der Waals surface area contributed by atoms with Gasteiger partial charge in [-0.2, -0.15) is 5.10 Å². The molecule has 1 aromatic heterocycles. The van der Waals surface area contributed by atoms with Crippen molar-refractivity contribution in [2.24, 2.45) is 0 Å². The SMILES string of the molecule is Cc1cc(=O)c(C(=O)OCc2cc(Cl)c3c(c2)OCCO3)nn1-c1ccc(Cl)cc1. The predicted molar refractivity (Wildman–Crippen MR) is 111 cm³/mol. The molecule has 0 aliphatic carbocycles. The van der Waals surface area contributed by atoms with Gasteiger partial charge in [0.1, 0.15) is 19.8 Å². The highest BCUT2D eigenvalue weighted by atomic mass is 35.5. The Bertz CT molecular complexity index is 1180. The van der Waals surface area contributed by atoms with Crippen molar-refractivity contribution in [3.05, 3.63) is 79.7 Å². The van der Waals surface area contributed by atoms with Crippen LogP contribution in [0.15, 0.2) is 47.3 Å². The number of halogens is 2. The molecular weight excluding hydrogens is 431 g/mol. The van der Waals surface area contributed by atoms with E-state index in [2.05, 4.69) is 5.10 Å². The summed E-state index contributed by atoms with van der Waals surface area (Å²) in [5.41, 5.74) is 0.979. The summed E-state index contributed by atoms with van der Waals surface area (Å²) < 4.78 is 17.8. The lowest BCUT2D eigenvalue weighted by atomic mass is 10.2. The highest BCUT2D eigenvalue weighted by Crippen LogP contribution is 2.38. The maximum atomic E-state index is 12.6. The van der Waals surface area contributed by atoms with Crippen molar-refractivity contribution in [2.45, 2.75) is 13.5 Å². The Morgan fingerprint density at radius 2 is 1.87 bits per heavy atom. The van der Waals surface area contributed by atoms with Crippen LogP contribution in [0.1, 0.15) is 21.7 Å². The summed E-state index contributed by atoms with van der Waals surface area (Å²) in [6.07, 6.45) is 0. The average Bonchev–Trinajstić information content (AvgIpc) is 2.73. The smallest absolute Gasteiger partial charge is 0.363 e. The van der Waals surface area contributed by atoms with Gasteiger partial charge in [0.25, 0.3) is 0 Å². The Labute approximate surface area is 181 Å². The molecule has 0 fully saturated rings. The molecular formula is C21H16Cl2N2O5. The third-order valence-electron chi connectivity index (χ3n) is 4.40. The van der Waals surface area contributed by atoms with Crippen LogP contribution in [0.3, 0.4) is 0 Å². The second-order valence-corrected chi connectivity index (χ2v) is 7.41. The number of ether oxygens (including phenoxy) is 3. The standard InChI is InChI=1S/C21H16Cl2N2O5/c1-12-8-17(26)19(24-25(12)15-4-2-14(22)3-5-15)21(27)30-11-13-9-16(23)20-18(10-13)28-6-7-29-20/h2-5,8-10H,6-7,11H2,1H3. The van der Waals surface area contributed by atoms with E-state index in [4.69, 9.17) is 37.4 Å². The number of benzene rings is 2. The number of rotatable bonds is 4. The van der Waals surface area contributed by atoms with E-state index in [0.29, 0.717) is 51.7 Å². The fourth-order valence-electron chi connectivity index (χ4n) is 3.00. The Hall–Kier alpha value is -3.03. The molecule has 2 aromatic carbocycles. The summed E-state index contributed by atoms with van der Waals surface area (Å²) in [7, 11) is 0. The predicted octanol–water partition coefficient (Wildman–Crippen LogP) is 3.98. The van der Waals surface area contributed by atoms with Crippen LogP contribution in [-0.4, -0.2) is 29.0 Å². The third-order valence-corrected chi connectivity index (χ3v) is 4.93. The van der Waals surface area contributed by atoms with Gasteiger partial charge in [0.2, 0.25) is 11.1 Å². The molecule has 0 unspecified atom stereocenters. The second-order valence-electron chi connectivity index (χ2n) is 6.56. The normalized spacial score (nSPS) is 12.5. The van der Waals surface area contributed by atoms with Gasteiger partial charge in [-0.05, 0) is 48.9 Å². The quantitative estimate of drug-likeness (QED) is 0.563. The molecule has 9 heteroatoms. The van der Waals surface area contributed by atoms with E-state index in [1.807, 2.05) is 0 Å². The second kappa shape index (κ2) is 8.38. The molecule has 0 atom stereocenters. The minimum Gasteiger partial charge on any atom is -0.486 e. The third kappa shape index (κ3) is 4.13. The fourth-order valence-corrected chi connectivity index (χ4v) is 3.41. The van der Waals surface area contributed by atoms with Crippen LogP contribution in [0.2, 0.25) is 10.0 Å². The molecule has 154 valence electrons. The van der Waals surface area contributed by atoms with Crippen LogP contribution >= 0.6 is 23.2 Å². The highest BCUT2D eigenvalue weighted by Gasteiger charge is 2.20. The molecule has 4 rings (SSSR count). The lowest BCUT2D eigenvalue weighted by Crippen LogP contribution is -2.24. The molecule has 1 aliphatic rings. The van der Waals surface area contributed by atoms with Crippen molar-refractivity contribution >= 4 is 29.2 Å². The molecule has 1 aliphatic heterocycles. The van der Waals surface area contributed by atoms with E-state index in [0.717, 1.165) is 0 Å². The zero-order valence-corrected chi connectivity index (χ0v) is 17.4. The molecule has 0 spiro atoms. The van der Waals surface area contributed by atoms with Crippen LogP contribution in [0.25, 0.3) is 5.69 Å². The Kier molecular flexibility index (Phi) is 5.65. The molecule has 7 nitrogen and oxygen atoms in total. The fraction of sp³-hybridized carbons (Fsp3) is 0.190. The van der Waals surface area contributed by atoms with Crippen molar-refractivity contribution in [1.82, 2.24) is 9.78 Å². The first-order valence-electron chi connectivity index (χ1n) is 9.04. The van der Waals surface area contributed by atoms with Gasteiger partial charge in [-0.1, -0.05) is 23.2 Å². The number of hydrogen-bond donors (Lipinski definition) is 0. The van der Waals surface area contributed by atoms with Crippen LogP contribution in [0, 0.1) is 6.92 Å². The number of carbonyl (C=O) groups is 1. The highest BCUT2D eigenvalue weighted by molar-refractivity contribution is 6.32. The molecule has 30 heavy (non-hydrogen) atoms. The summed E-state index contributed by atoms with van der Waals surface area (Å²) in [6, 6.07) is 11.5. The Morgan fingerprint density at radius 3 is 2.63 bits per heavy atom. The minimum absolute atomic E-state index is 0.106. The van der Waals surface area contributed by atoms with E-state index in [-0.39, 0.29) is 12.3 Å². The molecule has 2 heterocycles. The monoisotopic (exact) mass is 446 g/mol. The van der Waals surface area contributed by atoms with Crippen molar-refractivity contribution in [3.8, 4) is 17.2 Å². The number of aromatic nitrogens is 2. The van der Waals surface area contributed by atoms with Gasteiger partial charge in [-0.25, -0.2) is 9.48 Å². The zero-order chi connectivity index (χ0) is 21.3. The van der Waals surface area contributed by atoms with Gasteiger partial charge < -0.3 is 14.2 Å². The van der Waals surface area contributed by atoms with E-state index >= 15 is 0 Å². The van der Waals surface area contributed by atoms with Crippen LogP contribution in [-0.2, 0) is 11.3 Å². The van der Waals surface area contributed by atoms with E-state index < -0.39 is 11.4 Å². The van der Waals surface area contributed by atoms with Crippen LogP contribution in [0.4, 0.5) is 0 Å². The first kappa shape index (κ1) is 20.3. The number of carbonyl (C=O) groups excluding carboxylic acids is 1. The summed E-state index contributed by atoms with van der Waals surface area (Å²) in [4.78, 5) is 24.9.